The molecule has 0 radical (unpaired) electrons. The first-order valence-corrected chi connectivity index (χ1v) is 7.23. The lowest BCUT2D eigenvalue weighted by atomic mass is 10.1. The third-order valence-electron chi connectivity index (χ3n) is 3.27. The van der Waals surface area contributed by atoms with Crippen LogP contribution in [0.1, 0.15) is 24.2 Å². The zero-order chi connectivity index (χ0) is 15.0. The number of ether oxygens (including phenoxy) is 2. The number of aryl methyl sites for hydroxylation is 1. The summed E-state index contributed by atoms with van der Waals surface area (Å²) in [5.41, 5.74) is 0.581. The van der Waals surface area contributed by atoms with Crippen molar-refractivity contribution in [1.29, 1.82) is 0 Å². The summed E-state index contributed by atoms with van der Waals surface area (Å²) in [5, 5.41) is 12.2. The van der Waals surface area contributed by atoms with Gasteiger partial charge in [0.1, 0.15) is 11.4 Å². The van der Waals surface area contributed by atoms with Crippen molar-refractivity contribution in [3.8, 4) is 0 Å². The van der Waals surface area contributed by atoms with Gasteiger partial charge in [-0.2, -0.15) is 0 Å². The lowest BCUT2D eigenvalue weighted by molar-refractivity contribution is -0.0169. The average Bonchev–Trinajstić information content (AvgIpc) is 2.86. The zero-order valence-electron chi connectivity index (χ0n) is 11.1. The van der Waals surface area contributed by atoms with Crippen LogP contribution in [0.5, 0.6) is 0 Å². The number of alkyl halides is 2. The van der Waals surface area contributed by atoms with Crippen LogP contribution in [-0.4, -0.2) is 45.1 Å². The SMILES string of the molecule is Cc1cc(C(F)F)nc(S[C@@H]2C/C(=N/O)[C@H]3OC[C@@H]2O3)n1. The van der Waals surface area contributed by atoms with Gasteiger partial charge < -0.3 is 14.7 Å². The van der Waals surface area contributed by atoms with E-state index in [4.69, 9.17) is 14.7 Å². The summed E-state index contributed by atoms with van der Waals surface area (Å²) >= 11 is 1.24. The maximum absolute atomic E-state index is 12.8. The van der Waals surface area contributed by atoms with E-state index >= 15 is 0 Å². The molecule has 0 spiro atoms. The lowest BCUT2D eigenvalue weighted by Gasteiger charge is -2.26. The van der Waals surface area contributed by atoms with Crippen molar-refractivity contribution in [2.24, 2.45) is 5.16 Å². The molecule has 2 aliphatic heterocycles. The topological polar surface area (TPSA) is 76.8 Å². The number of hydrogen-bond donors (Lipinski definition) is 1. The zero-order valence-corrected chi connectivity index (χ0v) is 11.9. The van der Waals surface area contributed by atoms with E-state index in [0.717, 1.165) is 0 Å². The van der Waals surface area contributed by atoms with Gasteiger partial charge in [-0.1, -0.05) is 16.9 Å². The first-order valence-electron chi connectivity index (χ1n) is 6.35. The molecule has 3 rings (SSSR count). The fourth-order valence-corrected chi connectivity index (χ4v) is 3.47. The minimum absolute atomic E-state index is 0.137. The molecule has 2 aliphatic rings. The third kappa shape index (κ3) is 2.99. The van der Waals surface area contributed by atoms with Gasteiger partial charge in [0.05, 0.1) is 12.7 Å². The highest BCUT2D eigenvalue weighted by molar-refractivity contribution is 7.99. The quantitative estimate of drug-likeness (QED) is 0.523. The molecule has 6 nitrogen and oxygen atoms in total. The number of thioether (sulfide) groups is 1. The molecule has 0 aromatic carbocycles. The van der Waals surface area contributed by atoms with E-state index in [0.29, 0.717) is 24.4 Å². The van der Waals surface area contributed by atoms with E-state index in [1.807, 2.05) is 0 Å². The summed E-state index contributed by atoms with van der Waals surface area (Å²) in [6, 6.07) is 1.27. The summed E-state index contributed by atoms with van der Waals surface area (Å²) in [6.07, 6.45) is -2.99. The fourth-order valence-electron chi connectivity index (χ4n) is 2.29. The molecule has 2 bridgehead atoms. The van der Waals surface area contributed by atoms with E-state index in [1.165, 1.54) is 17.8 Å². The molecule has 1 aromatic rings. The Balaban J connectivity index is 1.80. The lowest BCUT2D eigenvalue weighted by Crippen LogP contribution is -2.37. The van der Waals surface area contributed by atoms with Crippen molar-refractivity contribution < 1.29 is 23.5 Å². The number of nitrogens with zero attached hydrogens (tertiary/aromatic N) is 3. The van der Waals surface area contributed by atoms with Gasteiger partial charge in [-0.25, -0.2) is 18.7 Å². The molecule has 0 aliphatic carbocycles. The van der Waals surface area contributed by atoms with Gasteiger partial charge >= 0.3 is 0 Å². The van der Waals surface area contributed by atoms with Gasteiger partial charge in [-0.3, -0.25) is 0 Å². The Labute approximate surface area is 123 Å². The molecule has 3 heterocycles. The van der Waals surface area contributed by atoms with E-state index in [2.05, 4.69) is 15.1 Å². The molecule has 114 valence electrons. The van der Waals surface area contributed by atoms with Gasteiger partial charge in [-0.15, -0.1) is 0 Å². The van der Waals surface area contributed by atoms with Crippen molar-refractivity contribution in [2.75, 3.05) is 6.61 Å². The van der Waals surface area contributed by atoms with Crippen molar-refractivity contribution in [3.05, 3.63) is 17.5 Å². The smallest absolute Gasteiger partial charge is 0.280 e. The summed E-state index contributed by atoms with van der Waals surface area (Å²) in [6.45, 7) is 2.01. The van der Waals surface area contributed by atoms with Gasteiger partial charge in [-0.05, 0) is 13.0 Å². The normalized spacial score (nSPS) is 30.3. The summed E-state index contributed by atoms with van der Waals surface area (Å²) < 4.78 is 36.5. The first-order chi connectivity index (χ1) is 10.1. The Hall–Kier alpha value is -1.32. The minimum Gasteiger partial charge on any atom is -0.411 e. The Morgan fingerprint density at radius 2 is 2.29 bits per heavy atom. The van der Waals surface area contributed by atoms with Crippen LogP contribution in [-0.2, 0) is 9.47 Å². The fraction of sp³-hybridized carbons (Fsp3) is 0.583. The van der Waals surface area contributed by atoms with Crippen LogP contribution < -0.4 is 0 Å². The standard InChI is InChI=1S/C12H13F2N3O3S/c1-5-2-6(10(13)14)16-12(15-5)21-9-3-7(17-18)11-19-4-8(9)20-11/h2,8-11,18H,3-4H2,1H3/b17-7-/t8-,9+,11-/m0/s1. The highest BCUT2D eigenvalue weighted by atomic mass is 32.2. The van der Waals surface area contributed by atoms with Crippen LogP contribution in [0.3, 0.4) is 0 Å². The second-order valence-electron chi connectivity index (χ2n) is 4.81. The molecule has 0 amide bonds. The molecule has 2 saturated heterocycles. The number of aromatic nitrogens is 2. The van der Waals surface area contributed by atoms with Crippen LogP contribution in [0.15, 0.2) is 16.4 Å². The van der Waals surface area contributed by atoms with Crippen molar-refractivity contribution in [1.82, 2.24) is 9.97 Å². The molecule has 9 heteroatoms. The number of oxime groups is 1. The number of fused-ring (bicyclic) bond motifs is 2. The second-order valence-corrected chi connectivity index (χ2v) is 6.02. The van der Waals surface area contributed by atoms with Gasteiger partial charge in [0, 0.05) is 17.4 Å². The maximum Gasteiger partial charge on any atom is 0.280 e. The van der Waals surface area contributed by atoms with Crippen molar-refractivity contribution in [3.63, 3.8) is 0 Å². The monoisotopic (exact) mass is 317 g/mol. The van der Waals surface area contributed by atoms with Crippen LogP contribution in [0.25, 0.3) is 0 Å². The minimum atomic E-state index is -2.64. The molecule has 1 aromatic heterocycles. The highest BCUT2D eigenvalue weighted by Gasteiger charge is 2.43. The summed E-state index contributed by atoms with van der Waals surface area (Å²) in [4.78, 5) is 8.03. The average molecular weight is 317 g/mol. The maximum atomic E-state index is 12.8. The van der Waals surface area contributed by atoms with Crippen LogP contribution >= 0.6 is 11.8 Å². The molecule has 1 N–H and O–H groups in total. The van der Waals surface area contributed by atoms with E-state index in [1.54, 1.807) is 6.92 Å². The van der Waals surface area contributed by atoms with Crippen molar-refractivity contribution >= 4 is 17.5 Å². The van der Waals surface area contributed by atoms with E-state index in [9.17, 15) is 8.78 Å². The third-order valence-corrected chi connectivity index (χ3v) is 4.44. The van der Waals surface area contributed by atoms with Crippen LogP contribution in [0.2, 0.25) is 0 Å². The summed E-state index contributed by atoms with van der Waals surface area (Å²) in [7, 11) is 0. The van der Waals surface area contributed by atoms with Gasteiger partial charge in [0.15, 0.2) is 5.16 Å². The predicted molar refractivity (Wildman–Crippen MR) is 69.8 cm³/mol. The summed E-state index contributed by atoms with van der Waals surface area (Å²) in [5.74, 6) is 0. The molecular weight excluding hydrogens is 304 g/mol. The predicted octanol–water partition coefficient (Wildman–Crippen LogP) is 2.16. The first kappa shape index (κ1) is 14.6. The second kappa shape index (κ2) is 5.82. The Morgan fingerprint density at radius 3 is 3.00 bits per heavy atom. The Bertz CT molecular complexity index is 573. The van der Waals surface area contributed by atoms with Crippen molar-refractivity contribution in [2.45, 2.75) is 42.6 Å². The number of hydrogen-bond acceptors (Lipinski definition) is 7. The van der Waals surface area contributed by atoms with Crippen LogP contribution in [0.4, 0.5) is 8.78 Å². The molecule has 2 fully saturated rings. The Kier molecular flexibility index (Phi) is 4.05. The number of halogens is 2. The van der Waals surface area contributed by atoms with Gasteiger partial charge in [0.2, 0.25) is 6.29 Å². The largest absolute Gasteiger partial charge is 0.411 e. The number of rotatable bonds is 3. The molecular formula is C12H13F2N3O3S. The van der Waals surface area contributed by atoms with E-state index in [-0.39, 0.29) is 22.2 Å². The molecule has 21 heavy (non-hydrogen) atoms. The molecule has 0 saturated carbocycles. The van der Waals surface area contributed by atoms with Gasteiger partial charge in [0.25, 0.3) is 6.43 Å². The highest BCUT2D eigenvalue weighted by Crippen LogP contribution is 2.36. The Morgan fingerprint density at radius 1 is 1.48 bits per heavy atom. The van der Waals surface area contributed by atoms with Crippen LogP contribution in [0, 0.1) is 6.92 Å². The molecule has 0 unspecified atom stereocenters. The van der Waals surface area contributed by atoms with E-state index < -0.39 is 12.7 Å². The molecule has 3 atom stereocenters.